The summed E-state index contributed by atoms with van der Waals surface area (Å²) in [6, 6.07) is 3.79. The minimum atomic E-state index is -4.47. The van der Waals surface area contributed by atoms with Gasteiger partial charge in [-0.3, -0.25) is 4.55 Å². The van der Waals surface area contributed by atoms with Crippen LogP contribution >= 0.6 is 0 Å². The van der Waals surface area contributed by atoms with Crippen molar-refractivity contribution in [3.8, 4) is 0 Å². The fourth-order valence-corrected chi connectivity index (χ4v) is 5.22. The van der Waals surface area contributed by atoms with Gasteiger partial charge in [-0.25, -0.2) is 16.8 Å². The fraction of sp³-hybridized carbons (Fsp3) is 0.500. The van der Waals surface area contributed by atoms with E-state index in [4.69, 9.17) is 15.4 Å². The molecule has 0 heterocycles. The van der Waals surface area contributed by atoms with E-state index in [1.807, 2.05) is 0 Å². The Morgan fingerprint density at radius 1 is 1.08 bits per heavy atom. The normalized spacial score (nSPS) is 14.2. The summed E-state index contributed by atoms with van der Waals surface area (Å²) in [5, 5.41) is 11.8. The molecule has 1 unspecified atom stereocenters. The molecule has 0 amide bonds. The van der Waals surface area contributed by atoms with Crippen LogP contribution in [-0.4, -0.2) is 64.2 Å². The third-order valence-electron chi connectivity index (χ3n) is 3.17. The molecule has 0 radical (unpaired) electrons. The fourth-order valence-electron chi connectivity index (χ4n) is 1.77. The van der Waals surface area contributed by atoms with Gasteiger partial charge in [0.1, 0.15) is 0 Å². The highest BCUT2D eigenvalue weighted by Gasteiger charge is 2.23. The molecule has 0 fully saturated rings. The van der Waals surface area contributed by atoms with E-state index < -0.39 is 52.5 Å². The number of hydrogen-bond acceptors (Lipinski definition) is 9. The van der Waals surface area contributed by atoms with Gasteiger partial charge in [0.05, 0.1) is 27.8 Å². The van der Waals surface area contributed by atoms with Crippen molar-refractivity contribution in [1.29, 1.82) is 0 Å². The molecule has 1 rings (SSSR count). The van der Waals surface area contributed by atoms with Crippen LogP contribution in [0.1, 0.15) is 6.92 Å². The van der Waals surface area contributed by atoms with Crippen molar-refractivity contribution in [3.05, 3.63) is 18.2 Å². The first-order valence-electron chi connectivity index (χ1n) is 6.95. The maximum absolute atomic E-state index is 12.3. The Balaban J connectivity index is 3.03. The zero-order chi connectivity index (χ0) is 19.5. The third-order valence-corrected chi connectivity index (χ3v) is 7.71. The Kier molecular flexibility index (Phi) is 6.81. The van der Waals surface area contributed by atoms with Crippen LogP contribution in [0, 0.1) is 0 Å². The summed E-state index contributed by atoms with van der Waals surface area (Å²) in [5.41, 5.74) is 4.14. The largest absolute Gasteiger partial charge is 0.399 e. The third kappa shape index (κ3) is 6.78. The Morgan fingerprint density at radius 3 is 2.20 bits per heavy atom. The summed E-state index contributed by atoms with van der Waals surface area (Å²) in [5.74, 6) is -2.30. The number of nitrogen functional groups attached to an aromatic ring is 1. The Labute approximate surface area is 146 Å². The van der Waals surface area contributed by atoms with Gasteiger partial charge in [0.2, 0.25) is 0 Å². The van der Waals surface area contributed by atoms with Crippen molar-refractivity contribution in [2.45, 2.75) is 17.3 Å². The summed E-state index contributed by atoms with van der Waals surface area (Å²) in [6.45, 7) is 0.918. The van der Waals surface area contributed by atoms with Crippen molar-refractivity contribution in [2.75, 3.05) is 34.9 Å². The van der Waals surface area contributed by atoms with Gasteiger partial charge in [-0.1, -0.05) is 0 Å². The maximum Gasteiger partial charge on any atom is 0.265 e. The molecule has 0 bridgehead atoms. The summed E-state index contributed by atoms with van der Waals surface area (Å²) < 4.78 is 77.9. The molecule has 0 aromatic heterocycles. The average Bonchev–Trinajstić information content (AvgIpc) is 2.46. The molecule has 13 heteroatoms. The van der Waals surface area contributed by atoms with Gasteiger partial charge in [-0.05, 0) is 25.1 Å². The van der Waals surface area contributed by atoms with Gasteiger partial charge in [-0.15, -0.1) is 0 Å². The number of nitrogens with one attached hydrogen (secondary N) is 1. The monoisotopic (exact) mass is 416 g/mol. The van der Waals surface area contributed by atoms with Crippen molar-refractivity contribution >= 4 is 41.2 Å². The Morgan fingerprint density at radius 2 is 1.68 bits per heavy atom. The first-order chi connectivity index (χ1) is 11.2. The van der Waals surface area contributed by atoms with E-state index >= 15 is 0 Å². The lowest BCUT2D eigenvalue weighted by molar-refractivity contribution is 0.268. The van der Waals surface area contributed by atoms with E-state index in [0.29, 0.717) is 0 Å². The number of aliphatic hydroxyl groups is 1. The standard InChI is InChI=1S/C12H20N2O8S3/c1-9(15)23(16,17)5-4-14-11-3-2-10(13)8-12(11)24(18,19)6-7-25(20,21)22/h2-3,8-9,14-15H,4-7,13H2,1H3,(H,20,21,22). The van der Waals surface area contributed by atoms with Crippen LogP contribution in [0.25, 0.3) is 0 Å². The molecule has 0 aliphatic heterocycles. The lowest BCUT2D eigenvalue weighted by atomic mass is 10.3. The van der Waals surface area contributed by atoms with Gasteiger partial charge in [-0.2, -0.15) is 8.42 Å². The van der Waals surface area contributed by atoms with Gasteiger partial charge >= 0.3 is 0 Å². The van der Waals surface area contributed by atoms with E-state index in [0.717, 1.165) is 13.0 Å². The zero-order valence-corrected chi connectivity index (χ0v) is 15.7. The molecular formula is C12H20N2O8S3. The molecule has 0 aliphatic carbocycles. The van der Waals surface area contributed by atoms with E-state index in [1.165, 1.54) is 12.1 Å². The highest BCUT2D eigenvalue weighted by molar-refractivity contribution is 7.93. The first-order valence-corrected chi connectivity index (χ1v) is 11.9. The van der Waals surface area contributed by atoms with Crippen LogP contribution in [-0.2, 0) is 29.8 Å². The number of benzene rings is 1. The lowest BCUT2D eigenvalue weighted by Gasteiger charge is -2.14. The van der Waals surface area contributed by atoms with E-state index in [2.05, 4.69) is 5.32 Å². The summed E-state index contributed by atoms with van der Waals surface area (Å²) in [4.78, 5) is -0.314. The molecule has 0 aliphatic rings. The zero-order valence-electron chi connectivity index (χ0n) is 13.3. The number of sulfone groups is 2. The molecular weight excluding hydrogens is 396 g/mol. The molecule has 5 N–H and O–H groups in total. The summed E-state index contributed by atoms with van der Waals surface area (Å²) >= 11 is 0. The first kappa shape index (κ1) is 21.6. The molecule has 0 saturated heterocycles. The molecule has 1 aromatic carbocycles. The number of rotatable bonds is 9. The predicted octanol–water partition coefficient (Wildman–Crippen LogP) is -0.905. The molecule has 25 heavy (non-hydrogen) atoms. The second-order valence-electron chi connectivity index (χ2n) is 5.25. The van der Waals surface area contributed by atoms with E-state index in [1.54, 1.807) is 0 Å². The SMILES string of the molecule is CC(O)S(=O)(=O)CCNc1ccc(N)cc1S(=O)(=O)CCS(=O)(=O)O. The van der Waals surface area contributed by atoms with Crippen molar-refractivity contribution < 1.29 is 34.9 Å². The maximum atomic E-state index is 12.3. The smallest absolute Gasteiger partial charge is 0.265 e. The summed E-state index contributed by atoms with van der Waals surface area (Å²) in [6.07, 6.45) is 0. The Bertz CT molecular complexity index is 921. The van der Waals surface area contributed by atoms with E-state index in [9.17, 15) is 25.3 Å². The van der Waals surface area contributed by atoms with Crippen molar-refractivity contribution in [3.63, 3.8) is 0 Å². The number of hydrogen-bond donors (Lipinski definition) is 4. The van der Waals surface area contributed by atoms with Crippen LogP contribution in [0.3, 0.4) is 0 Å². The summed E-state index contributed by atoms with van der Waals surface area (Å²) in [7, 11) is -12.3. The van der Waals surface area contributed by atoms with Gasteiger partial charge in [0, 0.05) is 12.2 Å². The number of anilines is 2. The topological polar surface area (TPSA) is 181 Å². The molecule has 1 aromatic rings. The molecule has 10 nitrogen and oxygen atoms in total. The van der Waals surface area contributed by atoms with E-state index in [-0.39, 0.29) is 22.8 Å². The minimum absolute atomic E-state index is 0.0327. The molecule has 144 valence electrons. The van der Waals surface area contributed by atoms with Crippen molar-refractivity contribution in [1.82, 2.24) is 0 Å². The van der Waals surface area contributed by atoms with Crippen LogP contribution < -0.4 is 11.1 Å². The average molecular weight is 416 g/mol. The molecule has 0 spiro atoms. The minimum Gasteiger partial charge on any atom is -0.399 e. The van der Waals surface area contributed by atoms with Gasteiger partial charge < -0.3 is 16.2 Å². The second kappa shape index (κ2) is 7.86. The lowest BCUT2D eigenvalue weighted by Crippen LogP contribution is -2.25. The molecule has 1 atom stereocenters. The van der Waals surface area contributed by atoms with Crippen LogP contribution in [0.5, 0.6) is 0 Å². The highest BCUT2D eigenvalue weighted by Crippen LogP contribution is 2.25. The molecule has 0 saturated carbocycles. The van der Waals surface area contributed by atoms with Crippen LogP contribution in [0.4, 0.5) is 11.4 Å². The van der Waals surface area contributed by atoms with Gasteiger partial charge in [0.15, 0.2) is 25.1 Å². The Hall–Kier alpha value is -1.41. The predicted molar refractivity (Wildman–Crippen MR) is 93.3 cm³/mol. The number of aliphatic hydroxyl groups excluding tert-OH is 1. The van der Waals surface area contributed by atoms with Crippen LogP contribution in [0.15, 0.2) is 23.1 Å². The highest BCUT2D eigenvalue weighted by atomic mass is 32.2. The second-order valence-corrected chi connectivity index (χ2v) is 11.3. The van der Waals surface area contributed by atoms with Crippen LogP contribution in [0.2, 0.25) is 0 Å². The van der Waals surface area contributed by atoms with Crippen molar-refractivity contribution in [2.24, 2.45) is 0 Å². The van der Waals surface area contributed by atoms with Gasteiger partial charge in [0.25, 0.3) is 10.1 Å². The quantitative estimate of drug-likeness (QED) is 0.291. The number of nitrogens with two attached hydrogens (primary N) is 1.